The molecule has 0 radical (unpaired) electrons. The molecule has 60 valence electrons. The largest absolute Gasteiger partial charge is 0.396 e. The van der Waals surface area contributed by atoms with Crippen molar-refractivity contribution in [1.29, 1.82) is 0 Å². The lowest BCUT2D eigenvalue weighted by Crippen LogP contribution is -1.99. The van der Waals surface area contributed by atoms with Gasteiger partial charge in [-0.3, -0.25) is 0 Å². The topological polar surface area (TPSA) is 52.0 Å². The highest BCUT2D eigenvalue weighted by Gasteiger charge is 2.10. The SMILES string of the molecule is Nc1c(Cl)cc(Cl)c(F)c1N. The first-order valence-corrected chi connectivity index (χ1v) is 3.48. The Balaban J connectivity index is 3.46. The molecule has 2 nitrogen and oxygen atoms in total. The number of anilines is 2. The average Bonchev–Trinajstić information content (AvgIpc) is 1.97. The van der Waals surface area contributed by atoms with Gasteiger partial charge in [0.2, 0.25) is 0 Å². The van der Waals surface area contributed by atoms with Gasteiger partial charge in [-0.25, -0.2) is 4.39 Å². The molecule has 1 aromatic carbocycles. The summed E-state index contributed by atoms with van der Waals surface area (Å²) in [6.07, 6.45) is 0. The third kappa shape index (κ3) is 1.34. The van der Waals surface area contributed by atoms with Crippen LogP contribution < -0.4 is 11.5 Å². The van der Waals surface area contributed by atoms with Gasteiger partial charge in [0.1, 0.15) is 0 Å². The molecule has 0 aromatic heterocycles. The molecular formula is C6H5Cl2FN2. The van der Waals surface area contributed by atoms with Crippen molar-refractivity contribution in [2.75, 3.05) is 11.5 Å². The molecule has 0 heterocycles. The van der Waals surface area contributed by atoms with E-state index in [1.807, 2.05) is 0 Å². The maximum atomic E-state index is 12.8. The maximum Gasteiger partial charge on any atom is 0.166 e. The molecule has 0 aliphatic heterocycles. The highest BCUT2D eigenvalue weighted by molar-refractivity contribution is 6.37. The highest BCUT2D eigenvalue weighted by atomic mass is 35.5. The molecule has 0 saturated carbocycles. The summed E-state index contributed by atoms with van der Waals surface area (Å²) in [5, 5.41) is 0.0376. The molecule has 0 fully saturated rings. The number of nitrogen functional groups attached to an aromatic ring is 2. The van der Waals surface area contributed by atoms with E-state index in [1.54, 1.807) is 0 Å². The lowest BCUT2D eigenvalue weighted by molar-refractivity contribution is 0.633. The van der Waals surface area contributed by atoms with E-state index >= 15 is 0 Å². The Morgan fingerprint density at radius 1 is 1.09 bits per heavy atom. The van der Waals surface area contributed by atoms with E-state index in [-0.39, 0.29) is 21.4 Å². The van der Waals surface area contributed by atoms with Crippen molar-refractivity contribution in [2.24, 2.45) is 0 Å². The van der Waals surface area contributed by atoms with Gasteiger partial charge in [0, 0.05) is 0 Å². The quantitative estimate of drug-likeness (QED) is 0.492. The molecule has 1 aromatic rings. The Labute approximate surface area is 72.9 Å². The Morgan fingerprint density at radius 2 is 1.64 bits per heavy atom. The highest BCUT2D eigenvalue weighted by Crippen LogP contribution is 2.32. The van der Waals surface area contributed by atoms with E-state index < -0.39 is 5.82 Å². The van der Waals surface area contributed by atoms with Crippen molar-refractivity contribution >= 4 is 34.6 Å². The molecule has 5 heteroatoms. The Bertz CT molecular complexity index is 275. The number of nitrogens with two attached hydrogens (primary N) is 2. The number of halogens is 3. The van der Waals surface area contributed by atoms with Gasteiger partial charge >= 0.3 is 0 Å². The first kappa shape index (κ1) is 8.43. The monoisotopic (exact) mass is 194 g/mol. The summed E-state index contributed by atoms with van der Waals surface area (Å²) in [5.74, 6) is -0.728. The zero-order chi connectivity index (χ0) is 8.59. The third-order valence-electron chi connectivity index (χ3n) is 1.25. The van der Waals surface area contributed by atoms with Crippen molar-refractivity contribution in [3.05, 3.63) is 21.9 Å². The van der Waals surface area contributed by atoms with Gasteiger partial charge in [0.15, 0.2) is 5.82 Å². The zero-order valence-electron chi connectivity index (χ0n) is 5.37. The molecule has 4 N–H and O–H groups in total. The van der Waals surface area contributed by atoms with Crippen molar-refractivity contribution in [2.45, 2.75) is 0 Å². The molecule has 0 saturated heterocycles. The average molecular weight is 195 g/mol. The van der Waals surface area contributed by atoms with Crippen molar-refractivity contribution in [3.8, 4) is 0 Å². The molecule has 0 amide bonds. The maximum absolute atomic E-state index is 12.8. The summed E-state index contributed by atoms with van der Waals surface area (Å²) in [4.78, 5) is 0. The first-order chi connectivity index (χ1) is 5.04. The Morgan fingerprint density at radius 3 is 2.18 bits per heavy atom. The molecule has 0 atom stereocenters. The van der Waals surface area contributed by atoms with Crippen LogP contribution in [-0.4, -0.2) is 0 Å². The Kier molecular flexibility index (Phi) is 2.11. The minimum atomic E-state index is -0.728. The van der Waals surface area contributed by atoms with Crippen LogP contribution in [0.3, 0.4) is 0 Å². The normalized spacial score (nSPS) is 10.1. The van der Waals surface area contributed by atoms with E-state index in [2.05, 4.69) is 0 Å². The van der Waals surface area contributed by atoms with Gasteiger partial charge in [-0.1, -0.05) is 23.2 Å². The van der Waals surface area contributed by atoms with Crippen LogP contribution in [0.15, 0.2) is 6.07 Å². The van der Waals surface area contributed by atoms with Gasteiger partial charge < -0.3 is 11.5 Å². The molecule has 0 aliphatic rings. The number of hydrogen-bond acceptors (Lipinski definition) is 2. The molecule has 0 aliphatic carbocycles. The van der Waals surface area contributed by atoms with E-state index in [9.17, 15) is 4.39 Å². The fourth-order valence-corrected chi connectivity index (χ4v) is 1.11. The van der Waals surface area contributed by atoms with E-state index in [4.69, 9.17) is 34.7 Å². The number of benzene rings is 1. The van der Waals surface area contributed by atoms with E-state index in [0.29, 0.717) is 0 Å². The summed E-state index contributed by atoms with van der Waals surface area (Å²) in [6.45, 7) is 0. The van der Waals surface area contributed by atoms with Gasteiger partial charge in [0.25, 0.3) is 0 Å². The second-order valence-corrected chi connectivity index (χ2v) is 2.80. The predicted octanol–water partition coefficient (Wildman–Crippen LogP) is 2.30. The van der Waals surface area contributed by atoms with Gasteiger partial charge in [0.05, 0.1) is 21.4 Å². The predicted molar refractivity (Wildman–Crippen MR) is 45.2 cm³/mol. The van der Waals surface area contributed by atoms with Gasteiger partial charge in [-0.05, 0) is 6.07 Å². The van der Waals surface area contributed by atoms with Gasteiger partial charge in [-0.2, -0.15) is 0 Å². The summed E-state index contributed by atoms with van der Waals surface area (Å²) in [6, 6.07) is 1.21. The molecule has 1 rings (SSSR count). The van der Waals surface area contributed by atoms with E-state index in [1.165, 1.54) is 6.07 Å². The van der Waals surface area contributed by atoms with Crippen LogP contribution in [-0.2, 0) is 0 Å². The molecule has 0 bridgehead atoms. The standard InChI is InChI=1S/C6H5Cl2FN2/c7-2-1-3(8)5(10)6(11)4(2)9/h1H,10-11H2. The van der Waals surface area contributed by atoms with Crippen LogP contribution in [0.25, 0.3) is 0 Å². The lowest BCUT2D eigenvalue weighted by atomic mass is 10.2. The van der Waals surface area contributed by atoms with Crippen LogP contribution in [0.4, 0.5) is 15.8 Å². The fourth-order valence-electron chi connectivity index (χ4n) is 0.628. The zero-order valence-corrected chi connectivity index (χ0v) is 6.88. The lowest BCUT2D eigenvalue weighted by Gasteiger charge is -2.04. The molecule has 0 unspecified atom stereocenters. The van der Waals surface area contributed by atoms with Crippen LogP contribution in [0, 0.1) is 5.82 Å². The van der Waals surface area contributed by atoms with E-state index in [0.717, 1.165) is 0 Å². The van der Waals surface area contributed by atoms with Gasteiger partial charge in [-0.15, -0.1) is 0 Å². The molecular weight excluding hydrogens is 190 g/mol. The molecule has 11 heavy (non-hydrogen) atoms. The van der Waals surface area contributed by atoms with Crippen molar-refractivity contribution < 1.29 is 4.39 Å². The van der Waals surface area contributed by atoms with Crippen LogP contribution in [0.1, 0.15) is 0 Å². The number of hydrogen-bond donors (Lipinski definition) is 2. The van der Waals surface area contributed by atoms with Crippen molar-refractivity contribution in [3.63, 3.8) is 0 Å². The summed E-state index contributed by atoms with van der Waals surface area (Å²) >= 11 is 10.9. The van der Waals surface area contributed by atoms with Crippen LogP contribution in [0.5, 0.6) is 0 Å². The minimum Gasteiger partial charge on any atom is -0.396 e. The van der Waals surface area contributed by atoms with Crippen LogP contribution >= 0.6 is 23.2 Å². The second-order valence-electron chi connectivity index (χ2n) is 1.98. The minimum absolute atomic E-state index is 0.0218. The van der Waals surface area contributed by atoms with Crippen LogP contribution in [0.2, 0.25) is 10.0 Å². The molecule has 0 spiro atoms. The fraction of sp³-hybridized carbons (Fsp3) is 0. The number of rotatable bonds is 0. The Hall–Kier alpha value is -0.670. The summed E-state index contributed by atoms with van der Waals surface area (Å²) in [5.41, 5.74) is 10.3. The summed E-state index contributed by atoms with van der Waals surface area (Å²) < 4.78 is 12.8. The second kappa shape index (κ2) is 2.75. The summed E-state index contributed by atoms with van der Waals surface area (Å²) in [7, 11) is 0. The first-order valence-electron chi connectivity index (χ1n) is 2.72. The third-order valence-corrected chi connectivity index (χ3v) is 1.83. The van der Waals surface area contributed by atoms with Crippen molar-refractivity contribution in [1.82, 2.24) is 0 Å². The smallest absolute Gasteiger partial charge is 0.166 e.